The van der Waals surface area contributed by atoms with Crippen molar-refractivity contribution in [1.82, 2.24) is 4.37 Å². The quantitative estimate of drug-likeness (QED) is 0.740. The van der Waals surface area contributed by atoms with Crippen LogP contribution in [0, 0.1) is 11.3 Å². The van der Waals surface area contributed by atoms with Crippen molar-refractivity contribution in [3.63, 3.8) is 0 Å². The molecule has 0 fully saturated rings. The summed E-state index contributed by atoms with van der Waals surface area (Å²) in [5.74, 6) is -0.162. The predicted molar refractivity (Wildman–Crippen MR) is 58.7 cm³/mol. The molecule has 14 heavy (non-hydrogen) atoms. The summed E-state index contributed by atoms with van der Waals surface area (Å²) in [6.07, 6.45) is 0. The van der Waals surface area contributed by atoms with Gasteiger partial charge in [0.25, 0.3) is 0 Å². The summed E-state index contributed by atoms with van der Waals surface area (Å²) in [6.45, 7) is 1.85. The number of nitriles is 1. The van der Waals surface area contributed by atoms with Gasteiger partial charge in [-0.2, -0.15) is 9.64 Å². The molecule has 1 atom stereocenters. The van der Waals surface area contributed by atoms with Gasteiger partial charge in [-0.15, -0.1) is 0 Å². The first-order chi connectivity index (χ1) is 6.72. The van der Waals surface area contributed by atoms with Gasteiger partial charge in [0.05, 0.1) is 22.4 Å². The number of benzene rings is 1. The third-order valence-electron chi connectivity index (χ3n) is 2.07. The van der Waals surface area contributed by atoms with Crippen molar-refractivity contribution in [3.05, 3.63) is 28.9 Å². The molecular weight excluding hydrogens is 216 g/mol. The lowest BCUT2D eigenvalue weighted by molar-refractivity contribution is 0.959. The van der Waals surface area contributed by atoms with Gasteiger partial charge in [-0.1, -0.05) is 17.7 Å². The molecule has 0 aliphatic heterocycles. The van der Waals surface area contributed by atoms with Crippen molar-refractivity contribution >= 4 is 33.2 Å². The van der Waals surface area contributed by atoms with Crippen LogP contribution in [0.15, 0.2) is 18.2 Å². The third-order valence-corrected chi connectivity index (χ3v) is 3.12. The molecule has 0 saturated heterocycles. The first-order valence-electron chi connectivity index (χ1n) is 4.17. The topological polar surface area (TPSA) is 36.7 Å². The number of halogens is 1. The van der Waals surface area contributed by atoms with Gasteiger partial charge >= 0.3 is 0 Å². The fourth-order valence-corrected chi connectivity index (χ4v) is 2.44. The predicted octanol–water partition coefficient (Wildman–Crippen LogP) is 3.58. The van der Waals surface area contributed by atoms with E-state index in [0.717, 1.165) is 15.8 Å². The second-order valence-electron chi connectivity index (χ2n) is 3.06. The average molecular weight is 223 g/mol. The van der Waals surface area contributed by atoms with Gasteiger partial charge in [0, 0.05) is 10.4 Å². The molecule has 1 heterocycles. The van der Waals surface area contributed by atoms with Crippen molar-refractivity contribution in [2.75, 3.05) is 0 Å². The maximum Gasteiger partial charge on any atom is 0.0873 e. The molecule has 0 aliphatic carbocycles. The Hall–Kier alpha value is -1.11. The number of hydrogen-bond donors (Lipinski definition) is 0. The van der Waals surface area contributed by atoms with Crippen LogP contribution < -0.4 is 0 Å². The fraction of sp³-hybridized carbons (Fsp3) is 0.200. The summed E-state index contributed by atoms with van der Waals surface area (Å²) in [5, 5.41) is 10.6. The van der Waals surface area contributed by atoms with Gasteiger partial charge in [0.1, 0.15) is 0 Å². The monoisotopic (exact) mass is 222 g/mol. The molecule has 2 rings (SSSR count). The molecule has 4 heteroatoms. The molecule has 0 amide bonds. The second kappa shape index (κ2) is 3.56. The minimum Gasteiger partial charge on any atom is -0.198 e. The molecule has 1 aromatic heterocycles. The number of aromatic nitrogens is 1. The SMILES string of the molecule is CC(C#N)c1nsc2cc(Cl)ccc12. The Balaban J connectivity index is 2.65. The Labute approximate surface area is 90.9 Å². The average Bonchev–Trinajstić information content (AvgIpc) is 2.59. The zero-order chi connectivity index (χ0) is 10.1. The van der Waals surface area contributed by atoms with Crippen molar-refractivity contribution in [3.8, 4) is 6.07 Å². The van der Waals surface area contributed by atoms with E-state index in [-0.39, 0.29) is 5.92 Å². The van der Waals surface area contributed by atoms with E-state index in [0.29, 0.717) is 5.02 Å². The summed E-state index contributed by atoms with van der Waals surface area (Å²) in [5.41, 5.74) is 0.851. The fourth-order valence-electron chi connectivity index (χ4n) is 1.30. The van der Waals surface area contributed by atoms with E-state index in [1.165, 1.54) is 11.5 Å². The normalized spacial score (nSPS) is 12.6. The second-order valence-corrected chi connectivity index (χ2v) is 4.30. The maximum absolute atomic E-state index is 8.81. The van der Waals surface area contributed by atoms with Crippen LogP contribution in [0.25, 0.3) is 10.1 Å². The molecular formula is C10H7ClN2S. The van der Waals surface area contributed by atoms with Crippen molar-refractivity contribution in [1.29, 1.82) is 5.26 Å². The summed E-state index contributed by atoms with van der Waals surface area (Å²) >= 11 is 7.24. The van der Waals surface area contributed by atoms with Gasteiger partial charge in [-0.05, 0) is 30.6 Å². The van der Waals surface area contributed by atoms with Gasteiger partial charge in [-0.25, -0.2) is 0 Å². The summed E-state index contributed by atoms with van der Waals surface area (Å²) in [7, 11) is 0. The van der Waals surface area contributed by atoms with Crippen molar-refractivity contribution < 1.29 is 0 Å². The molecule has 2 nitrogen and oxygen atoms in total. The van der Waals surface area contributed by atoms with E-state index >= 15 is 0 Å². The van der Waals surface area contributed by atoms with Crippen LogP contribution >= 0.6 is 23.1 Å². The first-order valence-corrected chi connectivity index (χ1v) is 5.32. The molecule has 0 spiro atoms. The Morgan fingerprint density at radius 1 is 1.57 bits per heavy atom. The number of fused-ring (bicyclic) bond motifs is 1. The highest BCUT2D eigenvalue weighted by atomic mass is 35.5. The molecule has 0 N–H and O–H groups in total. The van der Waals surface area contributed by atoms with Crippen LogP contribution in [0.1, 0.15) is 18.5 Å². The number of hydrogen-bond acceptors (Lipinski definition) is 3. The minimum absolute atomic E-state index is 0.162. The van der Waals surface area contributed by atoms with E-state index in [2.05, 4.69) is 10.4 Å². The Kier molecular flexibility index (Phi) is 2.40. The van der Waals surface area contributed by atoms with E-state index in [1.54, 1.807) is 0 Å². The Bertz CT molecular complexity index is 512. The highest BCUT2D eigenvalue weighted by Gasteiger charge is 2.12. The van der Waals surface area contributed by atoms with Crippen LogP contribution in [0.3, 0.4) is 0 Å². The van der Waals surface area contributed by atoms with E-state index < -0.39 is 0 Å². The molecule has 0 bridgehead atoms. The molecule has 70 valence electrons. The van der Waals surface area contributed by atoms with E-state index in [1.807, 2.05) is 25.1 Å². The Morgan fingerprint density at radius 2 is 2.36 bits per heavy atom. The van der Waals surface area contributed by atoms with Gasteiger partial charge in [0.15, 0.2) is 0 Å². The molecule has 1 unspecified atom stereocenters. The highest BCUT2D eigenvalue weighted by molar-refractivity contribution is 7.13. The van der Waals surface area contributed by atoms with Crippen LogP contribution in [0.5, 0.6) is 0 Å². The zero-order valence-corrected chi connectivity index (χ0v) is 9.06. The molecule has 0 aliphatic rings. The molecule has 0 radical (unpaired) electrons. The standard InChI is InChI=1S/C10H7ClN2S/c1-6(5-12)10-8-3-2-7(11)4-9(8)14-13-10/h2-4,6H,1H3. The van der Waals surface area contributed by atoms with Crippen LogP contribution in [0.4, 0.5) is 0 Å². The third kappa shape index (κ3) is 1.47. The van der Waals surface area contributed by atoms with Crippen molar-refractivity contribution in [2.45, 2.75) is 12.8 Å². The maximum atomic E-state index is 8.81. The lowest BCUT2D eigenvalue weighted by atomic mass is 10.1. The Morgan fingerprint density at radius 3 is 3.07 bits per heavy atom. The molecule has 2 aromatic rings. The van der Waals surface area contributed by atoms with Gasteiger partial charge in [0.2, 0.25) is 0 Å². The summed E-state index contributed by atoms with van der Waals surface area (Å²) in [4.78, 5) is 0. The van der Waals surface area contributed by atoms with Gasteiger partial charge < -0.3 is 0 Å². The van der Waals surface area contributed by atoms with Gasteiger partial charge in [-0.3, -0.25) is 0 Å². The number of rotatable bonds is 1. The smallest absolute Gasteiger partial charge is 0.0873 e. The minimum atomic E-state index is -0.162. The summed E-state index contributed by atoms with van der Waals surface area (Å²) < 4.78 is 5.30. The largest absolute Gasteiger partial charge is 0.198 e. The van der Waals surface area contributed by atoms with Crippen LogP contribution in [-0.4, -0.2) is 4.37 Å². The highest BCUT2D eigenvalue weighted by Crippen LogP contribution is 2.29. The number of nitrogens with zero attached hydrogens (tertiary/aromatic N) is 2. The van der Waals surface area contributed by atoms with Crippen LogP contribution in [0.2, 0.25) is 5.02 Å². The summed E-state index contributed by atoms with van der Waals surface area (Å²) in [6, 6.07) is 7.81. The van der Waals surface area contributed by atoms with Crippen LogP contribution in [-0.2, 0) is 0 Å². The zero-order valence-electron chi connectivity index (χ0n) is 7.49. The molecule has 1 aromatic carbocycles. The van der Waals surface area contributed by atoms with E-state index in [9.17, 15) is 0 Å². The first kappa shape index (κ1) is 9.45. The molecule has 0 saturated carbocycles. The van der Waals surface area contributed by atoms with Crippen molar-refractivity contribution in [2.24, 2.45) is 0 Å². The van der Waals surface area contributed by atoms with E-state index in [4.69, 9.17) is 16.9 Å². The lowest BCUT2D eigenvalue weighted by Gasteiger charge is -1.97. The lowest BCUT2D eigenvalue weighted by Crippen LogP contribution is -1.88.